The molecule has 1 aromatic carbocycles. The molecule has 1 atom stereocenters. The van der Waals surface area contributed by atoms with Crippen LogP contribution in [0.15, 0.2) is 41.1 Å². The van der Waals surface area contributed by atoms with E-state index in [1.165, 1.54) is 15.6 Å². The Kier molecular flexibility index (Phi) is 4.55. The summed E-state index contributed by atoms with van der Waals surface area (Å²) in [4.78, 5) is 0. The van der Waals surface area contributed by atoms with Crippen molar-refractivity contribution in [3.63, 3.8) is 0 Å². The second-order valence-electron chi connectivity index (χ2n) is 4.60. The zero-order valence-corrected chi connectivity index (χ0v) is 12.3. The van der Waals surface area contributed by atoms with E-state index in [2.05, 4.69) is 51.5 Å². The predicted octanol–water partition coefficient (Wildman–Crippen LogP) is 2.90. The molecule has 0 spiro atoms. The van der Waals surface area contributed by atoms with E-state index in [0.717, 1.165) is 13.0 Å². The molecule has 4 heteroatoms. The van der Waals surface area contributed by atoms with Crippen LogP contribution >= 0.6 is 15.9 Å². The number of benzene rings is 1. The van der Waals surface area contributed by atoms with Crippen molar-refractivity contribution in [3.8, 4) is 0 Å². The summed E-state index contributed by atoms with van der Waals surface area (Å²) in [6, 6.07) is 8.80. The van der Waals surface area contributed by atoms with Crippen LogP contribution in [0.25, 0.3) is 0 Å². The summed E-state index contributed by atoms with van der Waals surface area (Å²) >= 11 is 3.58. The molecule has 0 saturated carbocycles. The molecule has 0 unspecified atom stereocenters. The van der Waals surface area contributed by atoms with E-state index >= 15 is 0 Å². The van der Waals surface area contributed by atoms with Gasteiger partial charge in [-0.05, 0) is 25.0 Å². The van der Waals surface area contributed by atoms with E-state index in [0.29, 0.717) is 6.04 Å². The molecule has 1 aromatic heterocycles. The molecule has 0 radical (unpaired) electrons. The Labute approximate surface area is 116 Å². The first-order valence-corrected chi connectivity index (χ1v) is 6.89. The van der Waals surface area contributed by atoms with Gasteiger partial charge < -0.3 is 5.32 Å². The molecule has 1 heterocycles. The largest absolute Gasteiger partial charge is 0.310 e. The van der Waals surface area contributed by atoms with Gasteiger partial charge in [0.1, 0.15) is 0 Å². The van der Waals surface area contributed by atoms with Crippen LogP contribution in [-0.4, -0.2) is 15.8 Å². The molecule has 0 amide bonds. The summed E-state index contributed by atoms with van der Waals surface area (Å²) in [5.74, 6) is 0. The normalized spacial score (nSPS) is 12.6. The van der Waals surface area contributed by atoms with Gasteiger partial charge in [-0.25, -0.2) is 0 Å². The lowest BCUT2D eigenvalue weighted by atomic mass is 10.1. The van der Waals surface area contributed by atoms with Crippen LogP contribution < -0.4 is 5.32 Å². The highest BCUT2D eigenvalue weighted by molar-refractivity contribution is 9.10. The van der Waals surface area contributed by atoms with E-state index in [1.54, 1.807) is 0 Å². The highest BCUT2D eigenvalue weighted by atomic mass is 79.9. The average molecular weight is 308 g/mol. The number of hydrogen-bond acceptors (Lipinski definition) is 2. The minimum atomic E-state index is 0.434. The first-order chi connectivity index (χ1) is 8.65. The summed E-state index contributed by atoms with van der Waals surface area (Å²) < 4.78 is 3.01. The number of aryl methyl sites for hydroxylation is 1. The van der Waals surface area contributed by atoms with Crippen LogP contribution in [0.1, 0.15) is 18.1 Å². The lowest BCUT2D eigenvalue weighted by molar-refractivity contribution is 0.544. The molecule has 2 rings (SSSR count). The second kappa shape index (κ2) is 6.16. The highest BCUT2D eigenvalue weighted by Gasteiger charge is 2.06. The fraction of sp³-hybridized carbons (Fsp3) is 0.357. The van der Waals surface area contributed by atoms with Gasteiger partial charge in [0, 0.05) is 35.9 Å². The van der Waals surface area contributed by atoms with Crippen LogP contribution in [0.2, 0.25) is 0 Å². The molecule has 96 valence electrons. The van der Waals surface area contributed by atoms with E-state index < -0.39 is 0 Å². The van der Waals surface area contributed by atoms with Crippen LogP contribution in [0, 0.1) is 0 Å². The molecule has 0 aliphatic heterocycles. The van der Waals surface area contributed by atoms with Gasteiger partial charge in [0.15, 0.2) is 0 Å². The Hall–Kier alpha value is -1.13. The van der Waals surface area contributed by atoms with E-state index in [4.69, 9.17) is 0 Å². The topological polar surface area (TPSA) is 29.9 Å². The summed E-state index contributed by atoms with van der Waals surface area (Å²) in [6.45, 7) is 3.06. The molecule has 3 nitrogen and oxygen atoms in total. The summed E-state index contributed by atoms with van der Waals surface area (Å²) in [5.41, 5.74) is 2.56. The fourth-order valence-electron chi connectivity index (χ4n) is 1.92. The second-order valence-corrected chi connectivity index (χ2v) is 5.45. The zero-order chi connectivity index (χ0) is 13.0. The number of rotatable bonds is 5. The van der Waals surface area contributed by atoms with Gasteiger partial charge in [0.05, 0.1) is 6.20 Å². The molecule has 0 bridgehead atoms. The van der Waals surface area contributed by atoms with Gasteiger partial charge in [-0.2, -0.15) is 5.10 Å². The number of hydrogen-bond donors (Lipinski definition) is 1. The van der Waals surface area contributed by atoms with Crippen molar-refractivity contribution in [1.29, 1.82) is 0 Å². The fourth-order valence-corrected chi connectivity index (χ4v) is 2.37. The lowest BCUT2D eigenvalue weighted by Gasteiger charge is -2.14. The van der Waals surface area contributed by atoms with E-state index in [-0.39, 0.29) is 0 Å². The van der Waals surface area contributed by atoms with Gasteiger partial charge in [-0.1, -0.05) is 34.1 Å². The van der Waals surface area contributed by atoms with Crippen molar-refractivity contribution in [1.82, 2.24) is 15.1 Å². The van der Waals surface area contributed by atoms with Gasteiger partial charge in [0.2, 0.25) is 0 Å². The van der Waals surface area contributed by atoms with Crippen molar-refractivity contribution in [2.24, 2.45) is 7.05 Å². The standard InChI is InChI=1S/C14H18BrN3/c1-11(7-13-5-3-4-6-14(13)15)16-8-12-9-17-18(2)10-12/h3-6,9-11,16H,7-8H2,1-2H3/t11-/m0/s1. The van der Waals surface area contributed by atoms with Gasteiger partial charge >= 0.3 is 0 Å². The number of halogens is 1. The van der Waals surface area contributed by atoms with Crippen LogP contribution in [0.5, 0.6) is 0 Å². The first kappa shape index (κ1) is 13.3. The highest BCUT2D eigenvalue weighted by Crippen LogP contribution is 2.17. The molecule has 0 aliphatic carbocycles. The van der Waals surface area contributed by atoms with Gasteiger partial charge in [-0.3, -0.25) is 4.68 Å². The van der Waals surface area contributed by atoms with Gasteiger partial charge in [0.25, 0.3) is 0 Å². The van der Waals surface area contributed by atoms with E-state index in [9.17, 15) is 0 Å². The smallest absolute Gasteiger partial charge is 0.0534 e. The predicted molar refractivity (Wildman–Crippen MR) is 77.4 cm³/mol. The summed E-state index contributed by atoms with van der Waals surface area (Å²) in [7, 11) is 1.94. The number of aromatic nitrogens is 2. The molecular formula is C14H18BrN3. The third kappa shape index (κ3) is 3.68. The van der Waals surface area contributed by atoms with E-state index in [1.807, 2.05) is 30.2 Å². The zero-order valence-electron chi connectivity index (χ0n) is 10.7. The SMILES string of the molecule is C[C@@H](Cc1ccccc1Br)NCc1cnn(C)c1. The molecule has 0 saturated heterocycles. The van der Waals surface area contributed by atoms with Gasteiger partial charge in [-0.15, -0.1) is 0 Å². The maximum atomic E-state index is 4.16. The Bertz CT molecular complexity index is 507. The third-order valence-corrected chi connectivity index (χ3v) is 3.67. The minimum absolute atomic E-state index is 0.434. The number of nitrogens with one attached hydrogen (secondary N) is 1. The molecule has 0 aliphatic rings. The monoisotopic (exact) mass is 307 g/mol. The summed E-state index contributed by atoms with van der Waals surface area (Å²) in [5, 5.41) is 7.68. The Balaban J connectivity index is 1.85. The molecule has 1 N–H and O–H groups in total. The molecule has 0 fully saturated rings. The Morgan fingerprint density at radius 2 is 2.17 bits per heavy atom. The van der Waals surface area contributed by atoms with Crippen LogP contribution in [0.3, 0.4) is 0 Å². The van der Waals surface area contributed by atoms with Crippen molar-refractivity contribution < 1.29 is 0 Å². The van der Waals surface area contributed by atoms with Crippen molar-refractivity contribution >= 4 is 15.9 Å². The van der Waals surface area contributed by atoms with Crippen LogP contribution in [-0.2, 0) is 20.0 Å². The first-order valence-electron chi connectivity index (χ1n) is 6.09. The average Bonchev–Trinajstić information content (AvgIpc) is 2.76. The quantitative estimate of drug-likeness (QED) is 0.920. The Morgan fingerprint density at radius 3 is 2.83 bits per heavy atom. The van der Waals surface area contributed by atoms with Crippen molar-refractivity contribution in [2.75, 3.05) is 0 Å². The number of nitrogens with zero attached hydrogens (tertiary/aromatic N) is 2. The molecular weight excluding hydrogens is 290 g/mol. The third-order valence-electron chi connectivity index (χ3n) is 2.90. The van der Waals surface area contributed by atoms with Crippen molar-refractivity contribution in [2.45, 2.75) is 25.9 Å². The molecule has 2 aromatic rings. The Morgan fingerprint density at radius 1 is 1.39 bits per heavy atom. The maximum Gasteiger partial charge on any atom is 0.0534 e. The minimum Gasteiger partial charge on any atom is -0.310 e. The van der Waals surface area contributed by atoms with Crippen molar-refractivity contribution in [3.05, 3.63) is 52.3 Å². The van der Waals surface area contributed by atoms with Crippen LogP contribution in [0.4, 0.5) is 0 Å². The summed E-state index contributed by atoms with van der Waals surface area (Å²) in [6.07, 6.45) is 4.96. The lowest BCUT2D eigenvalue weighted by Crippen LogP contribution is -2.27. The molecule has 18 heavy (non-hydrogen) atoms. The maximum absolute atomic E-state index is 4.16.